The van der Waals surface area contributed by atoms with Crippen LogP contribution in [-0.2, 0) is 4.74 Å². The van der Waals surface area contributed by atoms with E-state index in [0.717, 1.165) is 26.2 Å². The van der Waals surface area contributed by atoms with E-state index in [0.29, 0.717) is 6.10 Å². The number of morpholine rings is 1. The molecule has 0 bridgehead atoms. The molecule has 3 heteroatoms. The molecule has 0 unspecified atom stereocenters. The van der Waals surface area contributed by atoms with Crippen molar-refractivity contribution in [2.24, 2.45) is 0 Å². The van der Waals surface area contributed by atoms with E-state index in [1.54, 1.807) is 0 Å². The number of β-amino-alcohol motifs (C(OH)–C–C–N with tert-alkyl or cyclic N) is 1. The summed E-state index contributed by atoms with van der Waals surface area (Å²) in [7, 11) is 0. The number of nitrogens with zero attached hydrogens (tertiary/aromatic N) is 1. The Morgan fingerprint density at radius 3 is 3.10 bits per heavy atom. The van der Waals surface area contributed by atoms with Crippen molar-refractivity contribution < 1.29 is 9.84 Å². The Morgan fingerprint density at radius 1 is 1.70 bits per heavy atom. The molecule has 1 aliphatic rings. The predicted molar refractivity (Wildman–Crippen MR) is 38.9 cm³/mol. The van der Waals surface area contributed by atoms with E-state index in [1.807, 2.05) is 0 Å². The normalized spacial score (nSPS) is 28.8. The molecule has 1 heterocycles. The van der Waals surface area contributed by atoms with Crippen molar-refractivity contribution in [3.05, 3.63) is 0 Å². The zero-order chi connectivity index (χ0) is 7.40. The largest absolute Gasteiger partial charge is 0.395 e. The first-order chi connectivity index (χ1) is 4.83. The minimum Gasteiger partial charge on any atom is -0.395 e. The zero-order valence-electron chi connectivity index (χ0n) is 6.42. The van der Waals surface area contributed by atoms with E-state index in [4.69, 9.17) is 9.84 Å². The molecule has 0 saturated carbocycles. The van der Waals surface area contributed by atoms with E-state index in [1.165, 1.54) is 0 Å². The second-order valence-corrected chi connectivity index (χ2v) is 2.71. The van der Waals surface area contributed by atoms with Gasteiger partial charge >= 0.3 is 0 Å². The molecule has 1 rings (SSSR count). The highest BCUT2D eigenvalue weighted by molar-refractivity contribution is 4.66. The van der Waals surface area contributed by atoms with Gasteiger partial charge in [-0.2, -0.15) is 0 Å². The van der Waals surface area contributed by atoms with Crippen molar-refractivity contribution in [3.63, 3.8) is 0 Å². The smallest absolute Gasteiger partial charge is 0.0674 e. The van der Waals surface area contributed by atoms with Gasteiger partial charge in [0.2, 0.25) is 0 Å². The molecule has 0 aromatic carbocycles. The Balaban J connectivity index is 2.18. The third-order valence-electron chi connectivity index (χ3n) is 1.74. The predicted octanol–water partition coefficient (Wildman–Crippen LogP) is -0.301. The zero-order valence-corrected chi connectivity index (χ0v) is 6.42. The summed E-state index contributed by atoms with van der Waals surface area (Å²) in [6.07, 6.45) is 0.334. The van der Waals surface area contributed by atoms with Gasteiger partial charge in [0.05, 0.1) is 19.3 Å². The van der Waals surface area contributed by atoms with Crippen LogP contribution in [0.5, 0.6) is 0 Å². The fourth-order valence-electron chi connectivity index (χ4n) is 1.24. The molecule has 1 N–H and O–H groups in total. The quantitative estimate of drug-likeness (QED) is 0.579. The van der Waals surface area contributed by atoms with Crippen LogP contribution in [0.15, 0.2) is 0 Å². The highest BCUT2D eigenvalue weighted by Gasteiger charge is 2.14. The van der Waals surface area contributed by atoms with Crippen molar-refractivity contribution in [1.82, 2.24) is 4.90 Å². The van der Waals surface area contributed by atoms with Gasteiger partial charge in [0, 0.05) is 19.6 Å². The average molecular weight is 145 g/mol. The first-order valence-corrected chi connectivity index (χ1v) is 3.77. The van der Waals surface area contributed by atoms with Crippen molar-refractivity contribution in [1.29, 1.82) is 0 Å². The Bertz CT molecular complexity index is 95.6. The Hall–Kier alpha value is -0.120. The summed E-state index contributed by atoms with van der Waals surface area (Å²) in [5, 5.41) is 8.62. The highest BCUT2D eigenvalue weighted by atomic mass is 16.5. The fraction of sp³-hybridized carbons (Fsp3) is 1.00. The molecule has 3 nitrogen and oxygen atoms in total. The SMILES string of the molecule is C[C@@H]1CN(CCO)CCO1. The molecule has 10 heavy (non-hydrogen) atoms. The molecule has 0 aromatic rings. The monoisotopic (exact) mass is 145 g/mol. The van der Waals surface area contributed by atoms with Crippen molar-refractivity contribution in [2.45, 2.75) is 13.0 Å². The lowest BCUT2D eigenvalue weighted by atomic mass is 10.3. The molecular formula is C7H15NO2. The molecule has 0 aliphatic carbocycles. The van der Waals surface area contributed by atoms with Gasteiger partial charge in [-0.1, -0.05) is 0 Å². The maximum atomic E-state index is 8.62. The second-order valence-electron chi connectivity index (χ2n) is 2.71. The van der Waals surface area contributed by atoms with Crippen molar-refractivity contribution >= 4 is 0 Å². The summed E-state index contributed by atoms with van der Waals surface area (Å²) < 4.78 is 5.33. The molecule has 0 spiro atoms. The number of hydrogen-bond donors (Lipinski definition) is 1. The molecule has 1 aliphatic heterocycles. The lowest BCUT2D eigenvalue weighted by Gasteiger charge is -2.30. The number of rotatable bonds is 2. The maximum Gasteiger partial charge on any atom is 0.0674 e. The summed E-state index contributed by atoms with van der Waals surface area (Å²) in [6, 6.07) is 0. The third kappa shape index (κ3) is 2.25. The number of aliphatic hydroxyl groups is 1. The maximum absolute atomic E-state index is 8.62. The molecule has 0 amide bonds. The molecule has 1 atom stereocenters. The van der Waals surface area contributed by atoms with E-state index in [2.05, 4.69) is 11.8 Å². The van der Waals surface area contributed by atoms with Crippen molar-refractivity contribution in [2.75, 3.05) is 32.8 Å². The van der Waals surface area contributed by atoms with Crippen LogP contribution in [0, 0.1) is 0 Å². The first-order valence-electron chi connectivity index (χ1n) is 3.77. The molecular weight excluding hydrogens is 130 g/mol. The molecule has 1 fully saturated rings. The van der Waals surface area contributed by atoms with Gasteiger partial charge in [0.25, 0.3) is 0 Å². The summed E-state index contributed by atoms with van der Waals surface area (Å²) >= 11 is 0. The minimum atomic E-state index is 0.257. The van der Waals surface area contributed by atoms with Crippen LogP contribution in [0.1, 0.15) is 6.92 Å². The lowest BCUT2D eigenvalue weighted by Crippen LogP contribution is -2.42. The number of ether oxygens (including phenoxy) is 1. The van der Waals surface area contributed by atoms with Crippen LogP contribution in [0.2, 0.25) is 0 Å². The van der Waals surface area contributed by atoms with Crippen LogP contribution in [0.4, 0.5) is 0 Å². The third-order valence-corrected chi connectivity index (χ3v) is 1.74. The Labute approximate surface area is 61.6 Å². The van der Waals surface area contributed by atoms with Gasteiger partial charge in [-0.15, -0.1) is 0 Å². The van der Waals surface area contributed by atoms with E-state index in [9.17, 15) is 0 Å². The van der Waals surface area contributed by atoms with Gasteiger partial charge in [-0.3, -0.25) is 4.90 Å². The molecule has 0 radical (unpaired) electrons. The van der Waals surface area contributed by atoms with Gasteiger partial charge in [0.15, 0.2) is 0 Å². The summed E-state index contributed by atoms with van der Waals surface area (Å²) in [5.41, 5.74) is 0. The first kappa shape index (κ1) is 7.98. The summed E-state index contributed by atoms with van der Waals surface area (Å²) in [4.78, 5) is 2.22. The molecule has 60 valence electrons. The fourth-order valence-corrected chi connectivity index (χ4v) is 1.24. The highest BCUT2D eigenvalue weighted by Crippen LogP contribution is 2.02. The van der Waals surface area contributed by atoms with Crippen LogP contribution in [-0.4, -0.2) is 49.0 Å². The molecule has 0 aromatic heterocycles. The van der Waals surface area contributed by atoms with Crippen LogP contribution >= 0.6 is 0 Å². The average Bonchev–Trinajstić information content (AvgIpc) is 1.88. The second kappa shape index (κ2) is 3.91. The van der Waals surface area contributed by atoms with Gasteiger partial charge in [-0.25, -0.2) is 0 Å². The standard InChI is InChI=1S/C7H15NO2/c1-7-6-8(2-4-9)3-5-10-7/h7,9H,2-6H2,1H3/t7-/m1/s1. The van der Waals surface area contributed by atoms with E-state index >= 15 is 0 Å². The lowest BCUT2D eigenvalue weighted by molar-refractivity contribution is -0.0223. The van der Waals surface area contributed by atoms with E-state index in [-0.39, 0.29) is 6.61 Å². The van der Waals surface area contributed by atoms with E-state index < -0.39 is 0 Å². The van der Waals surface area contributed by atoms with Crippen LogP contribution in [0.3, 0.4) is 0 Å². The Morgan fingerprint density at radius 2 is 2.50 bits per heavy atom. The van der Waals surface area contributed by atoms with Gasteiger partial charge in [0.1, 0.15) is 0 Å². The number of aliphatic hydroxyl groups excluding tert-OH is 1. The summed E-state index contributed by atoms with van der Waals surface area (Å²) in [5.74, 6) is 0. The number of hydrogen-bond acceptors (Lipinski definition) is 3. The topological polar surface area (TPSA) is 32.7 Å². The minimum absolute atomic E-state index is 0.257. The van der Waals surface area contributed by atoms with Crippen LogP contribution < -0.4 is 0 Å². The van der Waals surface area contributed by atoms with Crippen LogP contribution in [0.25, 0.3) is 0 Å². The molecule has 1 saturated heterocycles. The van der Waals surface area contributed by atoms with Crippen molar-refractivity contribution in [3.8, 4) is 0 Å². The van der Waals surface area contributed by atoms with Gasteiger partial charge in [-0.05, 0) is 6.92 Å². The van der Waals surface area contributed by atoms with Gasteiger partial charge < -0.3 is 9.84 Å². The Kier molecular flexibility index (Phi) is 3.12. The summed E-state index contributed by atoms with van der Waals surface area (Å²) in [6.45, 7) is 5.83.